The van der Waals surface area contributed by atoms with Gasteiger partial charge in [-0.15, -0.1) is 0 Å². The molecule has 0 N–H and O–H groups in total. The Morgan fingerprint density at radius 2 is 2.12 bits per heavy atom. The SMILES string of the molecule is C1=C(C2CC2)C12CC2. The van der Waals surface area contributed by atoms with E-state index in [2.05, 4.69) is 6.08 Å². The maximum atomic E-state index is 2.52. The number of rotatable bonds is 1. The Kier molecular flexibility index (Phi) is 0.367. The third kappa shape index (κ3) is 0.300. The third-order valence-corrected chi connectivity index (χ3v) is 2.73. The van der Waals surface area contributed by atoms with Crippen molar-refractivity contribution in [2.75, 3.05) is 0 Å². The summed E-state index contributed by atoms with van der Waals surface area (Å²) in [4.78, 5) is 0. The van der Waals surface area contributed by atoms with E-state index in [0.717, 1.165) is 11.3 Å². The van der Waals surface area contributed by atoms with Gasteiger partial charge in [0.2, 0.25) is 0 Å². The summed E-state index contributed by atoms with van der Waals surface area (Å²) in [5, 5.41) is 0. The molecule has 3 aliphatic carbocycles. The highest BCUT2D eigenvalue weighted by Crippen LogP contribution is 2.70. The first kappa shape index (κ1) is 3.71. The fraction of sp³-hybridized carbons (Fsp3) is 0.750. The van der Waals surface area contributed by atoms with Crippen molar-refractivity contribution < 1.29 is 0 Å². The lowest BCUT2D eigenvalue weighted by Crippen LogP contribution is -1.76. The molecular weight excluding hydrogens is 96.1 g/mol. The van der Waals surface area contributed by atoms with Gasteiger partial charge < -0.3 is 0 Å². The molecule has 42 valence electrons. The van der Waals surface area contributed by atoms with Crippen LogP contribution < -0.4 is 0 Å². The molecule has 0 unspecified atom stereocenters. The normalized spacial score (nSPS) is 37.2. The molecule has 2 fully saturated rings. The molecule has 0 heterocycles. The summed E-state index contributed by atoms with van der Waals surface area (Å²) in [6.45, 7) is 0. The smallest absolute Gasteiger partial charge is 0.00977 e. The average Bonchev–Trinajstić information content (AvgIpc) is 2.62. The summed E-state index contributed by atoms with van der Waals surface area (Å²) in [5.41, 5.74) is 2.64. The minimum atomic E-state index is 0.793. The van der Waals surface area contributed by atoms with Crippen LogP contribution in [-0.4, -0.2) is 0 Å². The number of hydrogen-bond acceptors (Lipinski definition) is 0. The molecule has 0 bridgehead atoms. The van der Waals surface area contributed by atoms with Crippen LogP contribution in [0.1, 0.15) is 25.7 Å². The van der Waals surface area contributed by atoms with Crippen LogP contribution in [0.3, 0.4) is 0 Å². The van der Waals surface area contributed by atoms with E-state index in [1.807, 2.05) is 5.57 Å². The van der Waals surface area contributed by atoms with Gasteiger partial charge in [-0.05, 0) is 31.6 Å². The van der Waals surface area contributed by atoms with Crippen LogP contribution >= 0.6 is 0 Å². The van der Waals surface area contributed by atoms with Gasteiger partial charge in [0.1, 0.15) is 0 Å². The van der Waals surface area contributed by atoms with Crippen LogP contribution in [-0.2, 0) is 0 Å². The van der Waals surface area contributed by atoms with E-state index in [0.29, 0.717) is 0 Å². The van der Waals surface area contributed by atoms with Crippen LogP contribution in [0.2, 0.25) is 0 Å². The molecule has 0 aromatic heterocycles. The Bertz CT molecular complexity index is 168. The second-order valence-corrected chi connectivity index (χ2v) is 3.53. The lowest BCUT2D eigenvalue weighted by atomic mass is 10.2. The maximum Gasteiger partial charge on any atom is 0.00977 e. The fourth-order valence-electron chi connectivity index (χ4n) is 1.75. The van der Waals surface area contributed by atoms with Gasteiger partial charge in [-0.1, -0.05) is 11.6 Å². The summed E-state index contributed by atoms with van der Waals surface area (Å²) < 4.78 is 0. The van der Waals surface area contributed by atoms with Crippen LogP contribution in [0.5, 0.6) is 0 Å². The molecule has 3 aliphatic rings. The Balaban J connectivity index is 1.85. The van der Waals surface area contributed by atoms with Gasteiger partial charge in [-0.25, -0.2) is 0 Å². The van der Waals surface area contributed by atoms with Crippen molar-refractivity contribution in [2.24, 2.45) is 11.3 Å². The van der Waals surface area contributed by atoms with Gasteiger partial charge in [0.25, 0.3) is 0 Å². The summed E-state index contributed by atoms with van der Waals surface area (Å²) in [6.07, 6.45) is 8.53. The van der Waals surface area contributed by atoms with Gasteiger partial charge in [0.15, 0.2) is 0 Å². The Hall–Kier alpha value is -0.260. The van der Waals surface area contributed by atoms with Crippen molar-refractivity contribution in [2.45, 2.75) is 25.7 Å². The molecule has 8 heavy (non-hydrogen) atoms. The highest BCUT2D eigenvalue weighted by Gasteiger charge is 2.58. The monoisotopic (exact) mass is 106 g/mol. The van der Waals surface area contributed by atoms with E-state index < -0.39 is 0 Å². The molecule has 0 radical (unpaired) electrons. The summed E-state index contributed by atoms with van der Waals surface area (Å²) in [5.74, 6) is 1.08. The van der Waals surface area contributed by atoms with Crippen LogP contribution in [0.25, 0.3) is 0 Å². The van der Waals surface area contributed by atoms with Gasteiger partial charge in [0, 0.05) is 5.41 Å². The first-order valence-electron chi connectivity index (χ1n) is 3.64. The average molecular weight is 106 g/mol. The minimum Gasteiger partial charge on any atom is -0.0739 e. The standard InChI is InChI=1S/C8H10/c1-2-6(1)7-5-8(7)3-4-8/h5-6H,1-4H2. The predicted octanol–water partition coefficient (Wildman–Crippen LogP) is 2.12. The van der Waals surface area contributed by atoms with Gasteiger partial charge >= 0.3 is 0 Å². The van der Waals surface area contributed by atoms with Gasteiger partial charge in [-0.3, -0.25) is 0 Å². The van der Waals surface area contributed by atoms with Crippen molar-refractivity contribution in [3.05, 3.63) is 11.6 Å². The Morgan fingerprint density at radius 3 is 2.50 bits per heavy atom. The van der Waals surface area contributed by atoms with E-state index in [1.165, 1.54) is 25.7 Å². The van der Waals surface area contributed by atoms with Gasteiger partial charge in [0.05, 0.1) is 0 Å². The predicted molar refractivity (Wildman–Crippen MR) is 32.5 cm³/mol. The fourth-order valence-corrected chi connectivity index (χ4v) is 1.75. The Morgan fingerprint density at radius 1 is 1.38 bits per heavy atom. The zero-order valence-electron chi connectivity index (χ0n) is 4.98. The van der Waals surface area contributed by atoms with Crippen LogP contribution in [0, 0.1) is 11.3 Å². The maximum absolute atomic E-state index is 2.52. The van der Waals surface area contributed by atoms with E-state index in [4.69, 9.17) is 0 Å². The van der Waals surface area contributed by atoms with E-state index in [9.17, 15) is 0 Å². The highest BCUT2D eigenvalue weighted by atomic mass is 14.6. The van der Waals surface area contributed by atoms with E-state index in [1.54, 1.807) is 0 Å². The molecule has 0 amide bonds. The first-order chi connectivity index (χ1) is 3.91. The second-order valence-electron chi connectivity index (χ2n) is 3.53. The number of allylic oxidation sites excluding steroid dienone is 2. The lowest BCUT2D eigenvalue weighted by Gasteiger charge is -1.85. The van der Waals surface area contributed by atoms with Crippen molar-refractivity contribution in [3.63, 3.8) is 0 Å². The molecule has 2 saturated carbocycles. The third-order valence-electron chi connectivity index (χ3n) is 2.73. The molecule has 0 aromatic carbocycles. The summed E-state index contributed by atoms with van der Waals surface area (Å²) >= 11 is 0. The summed E-state index contributed by atoms with van der Waals surface area (Å²) in [7, 11) is 0. The first-order valence-corrected chi connectivity index (χ1v) is 3.64. The zero-order chi connectivity index (χ0) is 5.19. The van der Waals surface area contributed by atoms with Gasteiger partial charge in [-0.2, -0.15) is 0 Å². The van der Waals surface area contributed by atoms with Crippen molar-refractivity contribution >= 4 is 0 Å². The van der Waals surface area contributed by atoms with Crippen LogP contribution in [0.4, 0.5) is 0 Å². The molecule has 1 spiro atoms. The highest BCUT2D eigenvalue weighted by molar-refractivity contribution is 5.48. The van der Waals surface area contributed by atoms with Crippen molar-refractivity contribution in [1.29, 1.82) is 0 Å². The van der Waals surface area contributed by atoms with Crippen LogP contribution in [0.15, 0.2) is 11.6 Å². The zero-order valence-corrected chi connectivity index (χ0v) is 4.98. The molecule has 0 saturated heterocycles. The molecule has 0 aromatic rings. The quantitative estimate of drug-likeness (QED) is 0.449. The molecule has 0 atom stereocenters. The van der Waals surface area contributed by atoms with E-state index in [-0.39, 0.29) is 0 Å². The molecular formula is C8H10. The molecule has 0 heteroatoms. The molecule has 0 nitrogen and oxygen atoms in total. The topological polar surface area (TPSA) is 0 Å². The van der Waals surface area contributed by atoms with Crippen molar-refractivity contribution in [3.8, 4) is 0 Å². The summed E-state index contributed by atoms with van der Waals surface area (Å²) in [6, 6.07) is 0. The Labute approximate surface area is 49.6 Å². The minimum absolute atomic E-state index is 0.793. The largest absolute Gasteiger partial charge is 0.0739 e. The van der Waals surface area contributed by atoms with Crippen molar-refractivity contribution in [1.82, 2.24) is 0 Å². The lowest BCUT2D eigenvalue weighted by molar-refractivity contribution is 0.863. The molecule has 0 aliphatic heterocycles. The van der Waals surface area contributed by atoms with E-state index >= 15 is 0 Å². The number of hydrogen-bond donors (Lipinski definition) is 0. The molecule has 3 rings (SSSR count). The second kappa shape index (κ2) is 0.792.